The molecular weight excluding hydrogens is 1200 g/mol. The predicted octanol–water partition coefficient (Wildman–Crippen LogP) is 21.1. The van der Waals surface area contributed by atoms with Crippen molar-refractivity contribution >= 4 is 39.5 Å². The Bertz CT molecular complexity index is 1740. The van der Waals surface area contributed by atoms with Crippen molar-refractivity contribution in [3.8, 4) is 0 Å². The van der Waals surface area contributed by atoms with Crippen molar-refractivity contribution in [1.29, 1.82) is 0 Å². The lowest BCUT2D eigenvalue weighted by molar-refractivity contribution is -0.161. The summed E-state index contributed by atoms with van der Waals surface area (Å²) in [6.07, 6.45) is 55.3. The lowest BCUT2D eigenvalue weighted by Gasteiger charge is -2.21. The molecule has 0 rings (SSSR count). The first kappa shape index (κ1) is 89.1. The van der Waals surface area contributed by atoms with Gasteiger partial charge in [-0.15, -0.1) is 0 Å². The van der Waals surface area contributed by atoms with Crippen LogP contribution in [0.5, 0.6) is 0 Å². The van der Waals surface area contributed by atoms with Gasteiger partial charge < -0.3 is 33.8 Å². The zero-order chi connectivity index (χ0) is 66.8. The van der Waals surface area contributed by atoms with Gasteiger partial charge >= 0.3 is 39.5 Å². The number of esters is 4. The average Bonchev–Trinajstić information content (AvgIpc) is 2.47. The number of unbranched alkanes of at least 4 members (excludes halogenated alkanes) is 47. The van der Waals surface area contributed by atoms with Gasteiger partial charge in [0.1, 0.15) is 19.3 Å². The maximum atomic E-state index is 13.0. The number of carbonyl (C=O) groups excluding carboxylic acids is 4. The molecule has 17 nitrogen and oxygen atoms in total. The lowest BCUT2D eigenvalue weighted by Crippen LogP contribution is -2.30. The summed E-state index contributed by atoms with van der Waals surface area (Å²) in [5.41, 5.74) is 0. The van der Waals surface area contributed by atoms with E-state index in [1.807, 2.05) is 0 Å². The number of aliphatic hydroxyl groups is 1. The fraction of sp³-hybridized carbons (Fsp3) is 0.944. The van der Waals surface area contributed by atoms with Crippen LogP contribution in [0.15, 0.2) is 0 Å². The van der Waals surface area contributed by atoms with E-state index in [4.69, 9.17) is 37.0 Å². The molecule has 0 aliphatic carbocycles. The molecule has 0 radical (unpaired) electrons. The smallest absolute Gasteiger partial charge is 0.462 e. The zero-order valence-electron chi connectivity index (χ0n) is 58.8. The largest absolute Gasteiger partial charge is 0.472 e. The summed E-state index contributed by atoms with van der Waals surface area (Å²) in [6.45, 7) is 4.95. The first-order valence-electron chi connectivity index (χ1n) is 37.8. The van der Waals surface area contributed by atoms with Crippen molar-refractivity contribution in [2.45, 2.75) is 399 Å². The van der Waals surface area contributed by atoms with Gasteiger partial charge in [0.25, 0.3) is 0 Å². The number of aliphatic hydroxyl groups excluding tert-OH is 1. The Morgan fingerprint density at radius 2 is 0.440 bits per heavy atom. The van der Waals surface area contributed by atoms with Crippen LogP contribution >= 0.6 is 15.6 Å². The Morgan fingerprint density at radius 1 is 0.264 bits per heavy atom. The highest BCUT2D eigenvalue weighted by molar-refractivity contribution is 7.47. The van der Waals surface area contributed by atoms with Gasteiger partial charge in [0.2, 0.25) is 0 Å². The molecule has 0 amide bonds. The van der Waals surface area contributed by atoms with Gasteiger partial charge in [-0.25, -0.2) is 9.13 Å². The van der Waals surface area contributed by atoms with Gasteiger partial charge in [0, 0.05) is 25.7 Å². The Hall–Kier alpha value is -1.94. The van der Waals surface area contributed by atoms with Crippen molar-refractivity contribution in [3.05, 3.63) is 0 Å². The Kier molecular flexibility index (Phi) is 65.2. The topological polar surface area (TPSA) is 237 Å². The summed E-state index contributed by atoms with van der Waals surface area (Å²) >= 11 is 0. The van der Waals surface area contributed by atoms with Crippen molar-refractivity contribution in [1.82, 2.24) is 0 Å². The maximum Gasteiger partial charge on any atom is 0.472 e. The number of phosphoric ester groups is 2. The highest BCUT2D eigenvalue weighted by atomic mass is 31.2. The molecule has 19 heteroatoms. The molecule has 0 heterocycles. The summed E-state index contributed by atoms with van der Waals surface area (Å²) in [7, 11) is -9.90. The molecule has 5 atom stereocenters. The molecule has 0 fully saturated rings. The molecular formula is C72H140O17P2. The molecule has 0 aliphatic rings. The molecule has 0 saturated heterocycles. The van der Waals surface area contributed by atoms with Crippen LogP contribution in [0.1, 0.15) is 381 Å². The van der Waals surface area contributed by atoms with E-state index in [2.05, 4.69) is 27.7 Å². The zero-order valence-corrected chi connectivity index (χ0v) is 60.6. The Labute approximate surface area is 556 Å². The van der Waals surface area contributed by atoms with Crippen LogP contribution in [-0.4, -0.2) is 96.7 Å². The molecule has 0 aromatic carbocycles. The molecule has 3 N–H and O–H groups in total. The first-order valence-corrected chi connectivity index (χ1v) is 40.8. The van der Waals surface area contributed by atoms with Crippen molar-refractivity contribution in [2.75, 3.05) is 39.6 Å². The molecule has 0 aromatic rings. The monoisotopic (exact) mass is 1340 g/mol. The molecule has 0 saturated carbocycles. The fourth-order valence-electron chi connectivity index (χ4n) is 11.0. The fourth-order valence-corrected chi connectivity index (χ4v) is 12.6. The van der Waals surface area contributed by atoms with Gasteiger partial charge in [0.05, 0.1) is 26.4 Å². The summed E-state index contributed by atoms with van der Waals surface area (Å²) < 4.78 is 68.3. The van der Waals surface area contributed by atoms with E-state index in [1.165, 1.54) is 212 Å². The molecule has 2 unspecified atom stereocenters. The summed E-state index contributed by atoms with van der Waals surface area (Å²) in [5, 5.41) is 10.6. The predicted molar refractivity (Wildman–Crippen MR) is 368 cm³/mol. The van der Waals surface area contributed by atoms with Crippen LogP contribution < -0.4 is 0 Å². The highest BCUT2D eigenvalue weighted by Gasteiger charge is 2.30. The second-order valence-corrected chi connectivity index (χ2v) is 28.9. The van der Waals surface area contributed by atoms with E-state index in [0.717, 1.165) is 89.9 Å². The maximum absolute atomic E-state index is 13.0. The molecule has 540 valence electrons. The van der Waals surface area contributed by atoms with Crippen LogP contribution in [0.4, 0.5) is 0 Å². The van der Waals surface area contributed by atoms with E-state index >= 15 is 0 Å². The van der Waals surface area contributed by atoms with Crippen LogP contribution in [0, 0.1) is 0 Å². The number of ether oxygens (including phenoxy) is 4. The van der Waals surface area contributed by atoms with E-state index in [0.29, 0.717) is 25.7 Å². The molecule has 91 heavy (non-hydrogen) atoms. The first-order chi connectivity index (χ1) is 44.2. The quantitative estimate of drug-likeness (QED) is 0.0222. The third kappa shape index (κ3) is 66.5. The normalized spacial score (nSPS) is 14.0. The van der Waals surface area contributed by atoms with Gasteiger partial charge in [-0.1, -0.05) is 329 Å². The van der Waals surface area contributed by atoms with Crippen molar-refractivity contribution in [3.63, 3.8) is 0 Å². The molecule has 0 aromatic heterocycles. The Balaban J connectivity index is 5.22. The van der Waals surface area contributed by atoms with E-state index in [9.17, 15) is 43.2 Å². The van der Waals surface area contributed by atoms with Gasteiger partial charge in [-0.2, -0.15) is 0 Å². The van der Waals surface area contributed by atoms with Crippen LogP contribution in [-0.2, 0) is 65.4 Å². The SMILES string of the molecule is CCCCCCCCCCCCCCCCCCCC(=O)O[C@H](COC(=O)CCCCCCCCCCCCCCCC)COP(=O)(O)OC[C@@H](O)COP(=O)(O)OC[C@@H](COC(=O)CCCCCCCCCCCC)OC(=O)CCCCCCCCCCCC. The van der Waals surface area contributed by atoms with Crippen molar-refractivity contribution in [2.24, 2.45) is 0 Å². The third-order valence-corrected chi connectivity index (χ3v) is 18.8. The number of rotatable bonds is 73. The summed E-state index contributed by atoms with van der Waals surface area (Å²) in [5.74, 6) is -2.12. The second-order valence-electron chi connectivity index (χ2n) is 26.0. The van der Waals surface area contributed by atoms with Crippen LogP contribution in [0.25, 0.3) is 0 Å². The Morgan fingerprint density at radius 3 is 0.648 bits per heavy atom. The minimum absolute atomic E-state index is 0.107. The lowest BCUT2D eigenvalue weighted by atomic mass is 10.0. The minimum atomic E-state index is -4.95. The second kappa shape index (κ2) is 66.7. The molecule has 0 spiro atoms. The van der Waals surface area contributed by atoms with E-state index in [-0.39, 0.29) is 25.7 Å². The number of phosphoric acid groups is 2. The summed E-state index contributed by atoms with van der Waals surface area (Å²) in [6, 6.07) is 0. The number of hydrogen-bond donors (Lipinski definition) is 3. The molecule has 0 bridgehead atoms. The number of carbonyl (C=O) groups is 4. The van der Waals surface area contributed by atoms with E-state index < -0.39 is 97.5 Å². The third-order valence-electron chi connectivity index (χ3n) is 16.9. The van der Waals surface area contributed by atoms with Crippen LogP contribution in [0.2, 0.25) is 0 Å². The number of hydrogen-bond acceptors (Lipinski definition) is 15. The minimum Gasteiger partial charge on any atom is -0.462 e. The van der Waals surface area contributed by atoms with Gasteiger partial charge in [-0.3, -0.25) is 37.3 Å². The molecule has 0 aliphatic heterocycles. The highest BCUT2D eigenvalue weighted by Crippen LogP contribution is 2.45. The standard InChI is InChI=1S/C72H140O17P2/c1-5-9-13-17-21-25-29-31-33-34-35-37-39-43-47-51-55-59-72(77)89-68(63-83-70(75)57-53-49-45-42-38-36-32-30-26-22-18-14-10-6-2)65-87-91(80,81)85-61-66(73)60-84-90(78,79)86-64-67(88-71(76)58-54-50-46-41-28-24-20-16-12-8-4)62-82-69(74)56-52-48-44-40-27-23-19-15-11-7-3/h66-68,73H,5-65H2,1-4H3,(H,78,79)(H,80,81)/t66-,67+,68+/m0/s1. The average molecular weight is 1340 g/mol. The van der Waals surface area contributed by atoms with Crippen molar-refractivity contribution < 1.29 is 80.2 Å². The van der Waals surface area contributed by atoms with Gasteiger partial charge in [-0.05, 0) is 25.7 Å². The van der Waals surface area contributed by atoms with Crippen LogP contribution in [0.3, 0.4) is 0 Å². The van der Waals surface area contributed by atoms with E-state index in [1.54, 1.807) is 0 Å². The van der Waals surface area contributed by atoms with Gasteiger partial charge in [0.15, 0.2) is 12.2 Å². The summed E-state index contributed by atoms with van der Waals surface area (Å²) in [4.78, 5) is 72.6.